The first-order valence-corrected chi connectivity index (χ1v) is 6.14. The van der Waals surface area contributed by atoms with E-state index in [0.29, 0.717) is 6.42 Å². The maximum atomic E-state index is 11.5. The Hall–Kier alpha value is -0.900. The highest BCUT2D eigenvalue weighted by Gasteiger charge is 2.48. The normalized spacial score (nSPS) is 23.1. The molecule has 2 atom stereocenters. The number of Topliss-reactive ketones (excluding diaryl/α,β-unsaturated/α-hetero) is 1. The highest BCUT2D eigenvalue weighted by Crippen LogP contribution is 2.24. The van der Waals surface area contributed by atoms with Crippen LogP contribution >= 0.6 is 0 Å². The fourth-order valence-corrected chi connectivity index (χ4v) is 1.80. The Morgan fingerprint density at radius 2 is 1.69 bits per heavy atom. The zero-order chi connectivity index (χ0) is 12.0. The van der Waals surface area contributed by atoms with Crippen LogP contribution in [-0.2, 0) is 14.3 Å². The van der Waals surface area contributed by atoms with Gasteiger partial charge in [0.1, 0.15) is 0 Å². The molecule has 0 radical (unpaired) electrons. The van der Waals surface area contributed by atoms with Gasteiger partial charge in [-0.2, -0.15) is 0 Å². The third kappa shape index (κ3) is 4.31. The van der Waals surface area contributed by atoms with E-state index in [1.54, 1.807) is 0 Å². The van der Waals surface area contributed by atoms with Crippen LogP contribution in [0.15, 0.2) is 0 Å². The van der Waals surface area contributed by atoms with Crippen molar-refractivity contribution in [2.24, 2.45) is 5.73 Å². The Bertz CT molecular complexity index is 253. The Morgan fingerprint density at radius 1 is 1.06 bits per heavy atom. The summed E-state index contributed by atoms with van der Waals surface area (Å²) in [5, 5.41) is 0. The molecule has 1 aliphatic rings. The maximum absolute atomic E-state index is 11.5. The second kappa shape index (κ2) is 6.63. The summed E-state index contributed by atoms with van der Waals surface area (Å²) in [5.41, 5.74) is 5.02. The fraction of sp³-hybridized carbons (Fsp3) is 0.833. The number of ether oxygens (including phenoxy) is 1. The summed E-state index contributed by atoms with van der Waals surface area (Å²) in [6, 6.07) is 0. The van der Waals surface area contributed by atoms with Crippen molar-refractivity contribution in [3.8, 4) is 0 Å². The van der Waals surface area contributed by atoms with Gasteiger partial charge >= 0.3 is 0 Å². The number of carbonyl (C=O) groups excluding carboxylic acids is 2. The van der Waals surface area contributed by atoms with Crippen molar-refractivity contribution >= 4 is 11.7 Å². The van der Waals surface area contributed by atoms with E-state index in [1.807, 2.05) is 0 Å². The first-order valence-electron chi connectivity index (χ1n) is 6.14. The molecule has 0 aromatic carbocycles. The molecule has 0 saturated carbocycles. The zero-order valence-corrected chi connectivity index (χ0v) is 9.91. The number of epoxide rings is 1. The third-order valence-corrected chi connectivity index (χ3v) is 2.87. The number of rotatable bonds is 9. The summed E-state index contributed by atoms with van der Waals surface area (Å²) < 4.78 is 4.91. The summed E-state index contributed by atoms with van der Waals surface area (Å²) in [4.78, 5) is 22.1. The highest BCUT2D eigenvalue weighted by molar-refractivity contribution is 5.95. The molecule has 0 unspecified atom stereocenters. The molecule has 0 aliphatic carbocycles. The second-order valence-electron chi connectivity index (χ2n) is 4.36. The fourth-order valence-electron chi connectivity index (χ4n) is 1.80. The summed E-state index contributed by atoms with van der Waals surface area (Å²) in [6.45, 7) is 2.18. The summed E-state index contributed by atoms with van der Waals surface area (Å²) >= 11 is 0. The van der Waals surface area contributed by atoms with Crippen LogP contribution in [0.3, 0.4) is 0 Å². The quantitative estimate of drug-likeness (QED) is 0.480. The molecule has 16 heavy (non-hydrogen) atoms. The van der Waals surface area contributed by atoms with Crippen LogP contribution in [0.4, 0.5) is 0 Å². The van der Waals surface area contributed by atoms with Crippen molar-refractivity contribution < 1.29 is 14.3 Å². The van der Waals surface area contributed by atoms with E-state index in [1.165, 1.54) is 25.7 Å². The van der Waals surface area contributed by atoms with Gasteiger partial charge in [-0.15, -0.1) is 0 Å². The van der Waals surface area contributed by atoms with Crippen molar-refractivity contribution in [2.75, 3.05) is 0 Å². The van der Waals surface area contributed by atoms with Crippen LogP contribution < -0.4 is 5.73 Å². The first kappa shape index (κ1) is 13.2. The molecule has 0 aromatic heterocycles. The predicted octanol–water partition coefficient (Wildman–Crippen LogP) is 1.56. The van der Waals surface area contributed by atoms with Crippen LogP contribution in [0.2, 0.25) is 0 Å². The van der Waals surface area contributed by atoms with Gasteiger partial charge in [0, 0.05) is 6.42 Å². The third-order valence-electron chi connectivity index (χ3n) is 2.87. The van der Waals surface area contributed by atoms with Crippen molar-refractivity contribution in [1.82, 2.24) is 0 Å². The summed E-state index contributed by atoms with van der Waals surface area (Å²) in [6.07, 6.45) is 6.24. The number of primary amides is 1. The number of unbranched alkanes of at least 4 members (excludes halogenated alkanes) is 5. The highest BCUT2D eigenvalue weighted by atomic mass is 16.6. The van der Waals surface area contributed by atoms with Gasteiger partial charge < -0.3 is 10.5 Å². The molecule has 1 aliphatic heterocycles. The number of nitrogens with two attached hydrogens (primary N) is 1. The number of carbonyl (C=O) groups is 2. The maximum Gasteiger partial charge on any atom is 0.249 e. The topological polar surface area (TPSA) is 72.7 Å². The lowest BCUT2D eigenvalue weighted by atomic mass is 10.1. The molecule has 1 saturated heterocycles. The van der Waals surface area contributed by atoms with Crippen LogP contribution in [0.5, 0.6) is 0 Å². The van der Waals surface area contributed by atoms with E-state index < -0.39 is 18.1 Å². The van der Waals surface area contributed by atoms with E-state index >= 15 is 0 Å². The zero-order valence-electron chi connectivity index (χ0n) is 9.91. The number of ketones is 1. The van der Waals surface area contributed by atoms with E-state index in [0.717, 1.165) is 12.8 Å². The molecular weight excluding hydrogens is 206 g/mol. The Morgan fingerprint density at radius 3 is 2.25 bits per heavy atom. The first-order chi connectivity index (χ1) is 7.66. The molecule has 0 aromatic rings. The lowest BCUT2D eigenvalue weighted by Crippen LogP contribution is -2.22. The van der Waals surface area contributed by atoms with Crippen molar-refractivity contribution in [1.29, 1.82) is 0 Å². The minimum absolute atomic E-state index is 0.0271. The van der Waals surface area contributed by atoms with Gasteiger partial charge in [0.15, 0.2) is 18.0 Å². The minimum atomic E-state index is -0.646. The summed E-state index contributed by atoms with van der Waals surface area (Å²) in [7, 11) is 0. The number of hydrogen-bond acceptors (Lipinski definition) is 3. The molecule has 0 bridgehead atoms. The Balaban J connectivity index is 1.98. The van der Waals surface area contributed by atoms with Gasteiger partial charge in [0.25, 0.3) is 0 Å². The number of hydrogen-bond donors (Lipinski definition) is 1. The lowest BCUT2D eigenvalue weighted by Gasteiger charge is -1.99. The van der Waals surface area contributed by atoms with Gasteiger partial charge in [-0.25, -0.2) is 0 Å². The SMILES string of the molecule is CCCCCCCCC(=O)[C@@H]1O[C@@H]1C(N)=O. The average molecular weight is 227 g/mol. The van der Waals surface area contributed by atoms with E-state index in [2.05, 4.69) is 6.92 Å². The van der Waals surface area contributed by atoms with Gasteiger partial charge in [-0.05, 0) is 6.42 Å². The predicted molar refractivity (Wildman–Crippen MR) is 60.9 cm³/mol. The van der Waals surface area contributed by atoms with Crippen molar-refractivity contribution in [3.05, 3.63) is 0 Å². The van der Waals surface area contributed by atoms with Crippen molar-refractivity contribution in [3.63, 3.8) is 0 Å². The van der Waals surface area contributed by atoms with Crippen molar-refractivity contribution in [2.45, 2.75) is 64.1 Å². The van der Waals surface area contributed by atoms with E-state index in [9.17, 15) is 9.59 Å². The largest absolute Gasteiger partial charge is 0.367 e. The van der Waals surface area contributed by atoms with E-state index in [-0.39, 0.29) is 5.78 Å². The van der Waals surface area contributed by atoms with Crippen LogP contribution in [0.1, 0.15) is 51.9 Å². The van der Waals surface area contributed by atoms with Crippen LogP contribution in [0, 0.1) is 0 Å². The lowest BCUT2D eigenvalue weighted by molar-refractivity contribution is -0.121. The van der Waals surface area contributed by atoms with Crippen LogP contribution in [0.25, 0.3) is 0 Å². The average Bonchev–Trinajstić information content (AvgIpc) is 3.02. The molecule has 0 spiro atoms. The molecule has 2 N–H and O–H groups in total. The monoisotopic (exact) mass is 227 g/mol. The molecule has 1 amide bonds. The molecule has 92 valence electrons. The van der Waals surface area contributed by atoms with Gasteiger partial charge in [-0.3, -0.25) is 9.59 Å². The standard InChI is InChI=1S/C12H21NO3/c1-2-3-4-5-6-7-8-9(14)10-11(16-10)12(13)15/h10-11H,2-8H2,1H3,(H2,13,15)/t10-,11-/m0/s1. The Labute approximate surface area is 96.5 Å². The molecule has 4 nitrogen and oxygen atoms in total. The molecule has 4 heteroatoms. The van der Waals surface area contributed by atoms with Gasteiger partial charge in [0.2, 0.25) is 5.91 Å². The molecular formula is C12H21NO3. The molecule has 1 fully saturated rings. The van der Waals surface area contributed by atoms with Gasteiger partial charge in [0.05, 0.1) is 0 Å². The van der Waals surface area contributed by atoms with Crippen LogP contribution in [-0.4, -0.2) is 23.9 Å². The summed E-state index contributed by atoms with van der Waals surface area (Å²) in [5.74, 6) is -0.499. The van der Waals surface area contributed by atoms with Gasteiger partial charge in [-0.1, -0.05) is 39.0 Å². The van der Waals surface area contributed by atoms with E-state index in [4.69, 9.17) is 10.5 Å². The molecule has 1 heterocycles. The minimum Gasteiger partial charge on any atom is -0.367 e. The Kier molecular flexibility index (Phi) is 5.46. The number of amides is 1. The smallest absolute Gasteiger partial charge is 0.249 e. The molecule has 1 rings (SSSR count). The second-order valence-corrected chi connectivity index (χ2v) is 4.36.